The number of imidazole rings is 1. The third-order valence-corrected chi connectivity index (χ3v) is 12.3. The van der Waals surface area contributed by atoms with E-state index in [1.165, 1.54) is 5.56 Å². The van der Waals surface area contributed by atoms with Gasteiger partial charge in [0, 0.05) is 36.4 Å². The molecule has 0 fully saturated rings. The van der Waals surface area contributed by atoms with Gasteiger partial charge in [-0.3, -0.25) is 4.57 Å². The molecule has 51 heavy (non-hydrogen) atoms. The molecule has 1 aromatic heterocycles. The number of benzene rings is 4. The van der Waals surface area contributed by atoms with Crippen molar-refractivity contribution in [1.82, 2.24) is 14.3 Å². The van der Waals surface area contributed by atoms with Gasteiger partial charge in [0.05, 0.1) is 28.3 Å². The van der Waals surface area contributed by atoms with Gasteiger partial charge in [0.1, 0.15) is 12.6 Å². The molecule has 1 aliphatic rings. The number of anilines is 1. The molecule has 0 atom stereocenters. The molecule has 1 aliphatic heterocycles. The fourth-order valence-electron chi connectivity index (χ4n) is 5.84. The minimum atomic E-state index is -3.95. The van der Waals surface area contributed by atoms with E-state index < -0.39 is 24.2 Å². The highest BCUT2D eigenvalue weighted by Gasteiger charge is 2.29. The van der Waals surface area contributed by atoms with Gasteiger partial charge in [0.15, 0.2) is 0 Å². The molecule has 0 saturated heterocycles. The summed E-state index contributed by atoms with van der Waals surface area (Å²) in [5.74, 6) is 0.238. The minimum Gasteiger partial charge on any atom is -0.493 e. The third-order valence-electron chi connectivity index (χ3n) is 8.73. The van der Waals surface area contributed by atoms with E-state index in [9.17, 15) is 13.5 Å². The number of aliphatic hydroxyl groups is 1. The summed E-state index contributed by atoms with van der Waals surface area (Å²) in [7, 11) is -5.31. The number of ether oxygens (including phenoxy) is 1. The molecule has 0 radical (unpaired) electrons. The Morgan fingerprint density at radius 2 is 1.43 bits per heavy atom. The topological polar surface area (TPSA) is 96.7 Å². The molecule has 6 rings (SSSR count). The summed E-state index contributed by atoms with van der Waals surface area (Å²) < 4.78 is 36.7. The van der Waals surface area contributed by atoms with E-state index >= 15 is 0 Å². The van der Waals surface area contributed by atoms with Crippen molar-refractivity contribution in [2.45, 2.75) is 58.6 Å². The number of nitrogens with one attached hydrogen (secondary N) is 1. The monoisotopic (exact) mass is 760 g/mol. The van der Waals surface area contributed by atoms with Gasteiger partial charge >= 0.3 is 10.2 Å². The smallest absolute Gasteiger partial charge is 0.330 e. The molecule has 8 nitrogen and oxygen atoms in total. The Balaban J connectivity index is 1.47. The highest BCUT2D eigenvalue weighted by molar-refractivity contribution is 7.91. The molecule has 0 bridgehead atoms. The molecule has 2 heterocycles. The second-order valence-corrected chi connectivity index (χ2v) is 22.9. The van der Waals surface area contributed by atoms with Crippen molar-refractivity contribution in [2.24, 2.45) is 0 Å². The predicted molar refractivity (Wildman–Crippen MR) is 212 cm³/mol. The van der Waals surface area contributed by atoms with Crippen LogP contribution >= 0.6 is 23.2 Å². The third kappa shape index (κ3) is 8.21. The Kier molecular flexibility index (Phi) is 10.2. The van der Waals surface area contributed by atoms with Crippen LogP contribution in [0.4, 0.5) is 5.69 Å². The normalized spacial score (nSPS) is 14.4. The zero-order valence-electron chi connectivity index (χ0n) is 29.5. The SMILES string of the molecule is CC(C)(C)c1ccc(-c2ccc(-c3nc(-c4ccc(Cl)cc4Cl)c(-c4ccc(N5C=C(O)NS5(=O)=O)cc4)n3COCC[Si](C)(C)C)cc2)cc1. The van der Waals surface area contributed by atoms with E-state index in [4.69, 9.17) is 32.9 Å². The summed E-state index contributed by atoms with van der Waals surface area (Å²) in [5.41, 5.74) is 7.64. The van der Waals surface area contributed by atoms with Gasteiger partial charge < -0.3 is 9.84 Å². The van der Waals surface area contributed by atoms with Gasteiger partial charge in [0.2, 0.25) is 5.88 Å². The maximum atomic E-state index is 12.6. The molecule has 0 unspecified atom stereocenters. The lowest BCUT2D eigenvalue weighted by atomic mass is 9.86. The summed E-state index contributed by atoms with van der Waals surface area (Å²) in [6, 6.07) is 30.4. The van der Waals surface area contributed by atoms with Gasteiger partial charge in [-0.05, 0) is 58.5 Å². The average molecular weight is 762 g/mol. The lowest BCUT2D eigenvalue weighted by molar-refractivity contribution is 0.0893. The van der Waals surface area contributed by atoms with Crippen LogP contribution in [0.3, 0.4) is 0 Å². The number of nitrogens with zero attached hydrogens (tertiary/aromatic N) is 3. The Labute approximate surface area is 311 Å². The lowest BCUT2D eigenvalue weighted by Gasteiger charge is -2.19. The van der Waals surface area contributed by atoms with Gasteiger partial charge in [-0.1, -0.05) is 124 Å². The fourth-order valence-corrected chi connectivity index (χ4v) is 8.15. The van der Waals surface area contributed by atoms with E-state index in [1.54, 1.807) is 24.3 Å². The zero-order chi connectivity index (χ0) is 36.7. The van der Waals surface area contributed by atoms with Crippen molar-refractivity contribution in [3.05, 3.63) is 119 Å². The maximum absolute atomic E-state index is 12.6. The number of hydrogen-bond acceptors (Lipinski definition) is 5. The Hall–Kier alpha value is -4.06. The van der Waals surface area contributed by atoms with Crippen molar-refractivity contribution in [3.63, 3.8) is 0 Å². The molecular formula is C39H42Cl2N4O4SSi. The molecule has 5 aromatic rings. The fraction of sp³-hybridized carbons (Fsp3) is 0.256. The second kappa shape index (κ2) is 14.2. The first-order chi connectivity index (χ1) is 24.0. The number of aromatic nitrogens is 2. The molecule has 0 spiro atoms. The first-order valence-electron chi connectivity index (χ1n) is 16.7. The quantitative estimate of drug-likeness (QED) is 0.109. The largest absolute Gasteiger partial charge is 0.493 e. The van der Waals surface area contributed by atoms with Crippen LogP contribution in [0.5, 0.6) is 0 Å². The van der Waals surface area contributed by atoms with Crippen LogP contribution in [0.1, 0.15) is 26.3 Å². The van der Waals surface area contributed by atoms with Crippen LogP contribution in [0.2, 0.25) is 35.7 Å². The summed E-state index contributed by atoms with van der Waals surface area (Å²) in [6.07, 6.45) is 1.13. The highest BCUT2D eigenvalue weighted by Crippen LogP contribution is 2.41. The number of hydrogen-bond donors (Lipinski definition) is 2. The van der Waals surface area contributed by atoms with E-state index in [0.29, 0.717) is 39.4 Å². The molecule has 0 amide bonds. The molecular weight excluding hydrogens is 720 g/mol. The first-order valence-corrected chi connectivity index (χ1v) is 22.6. The van der Waals surface area contributed by atoms with Crippen LogP contribution in [0, 0.1) is 0 Å². The molecule has 0 aliphatic carbocycles. The van der Waals surface area contributed by atoms with Crippen LogP contribution in [-0.2, 0) is 27.1 Å². The van der Waals surface area contributed by atoms with Gasteiger partial charge in [-0.15, -0.1) is 0 Å². The lowest BCUT2D eigenvalue weighted by Crippen LogP contribution is -2.29. The maximum Gasteiger partial charge on any atom is 0.330 e. The summed E-state index contributed by atoms with van der Waals surface area (Å²) in [4.78, 5) is 5.22. The zero-order valence-corrected chi connectivity index (χ0v) is 32.9. The average Bonchev–Trinajstić information content (AvgIpc) is 3.57. The van der Waals surface area contributed by atoms with Crippen LogP contribution in [-0.4, -0.2) is 37.8 Å². The van der Waals surface area contributed by atoms with Crippen LogP contribution < -0.4 is 9.03 Å². The van der Waals surface area contributed by atoms with Gasteiger partial charge in [0.25, 0.3) is 0 Å². The van der Waals surface area contributed by atoms with E-state index in [-0.39, 0.29) is 12.1 Å². The van der Waals surface area contributed by atoms with E-state index in [2.05, 4.69) is 93.7 Å². The minimum absolute atomic E-state index is 0.0718. The Bertz CT molecular complexity index is 2190. The molecule has 0 saturated carbocycles. The number of halogens is 2. The van der Waals surface area contributed by atoms with Crippen molar-refractivity contribution in [2.75, 3.05) is 10.9 Å². The Morgan fingerprint density at radius 1 is 0.843 bits per heavy atom. The summed E-state index contributed by atoms with van der Waals surface area (Å²) in [5, 5.41) is 10.8. The highest BCUT2D eigenvalue weighted by atomic mass is 35.5. The van der Waals surface area contributed by atoms with Crippen LogP contribution in [0.15, 0.2) is 103 Å². The van der Waals surface area contributed by atoms with Crippen molar-refractivity contribution in [1.29, 1.82) is 0 Å². The molecule has 12 heteroatoms. The van der Waals surface area contributed by atoms with Crippen LogP contribution in [0.25, 0.3) is 45.0 Å². The van der Waals surface area contributed by atoms with E-state index in [1.807, 2.05) is 22.8 Å². The number of rotatable bonds is 10. The predicted octanol–water partition coefficient (Wildman–Crippen LogP) is 10.5. The van der Waals surface area contributed by atoms with E-state index in [0.717, 1.165) is 44.5 Å². The van der Waals surface area contributed by atoms with Crippen molar-refractivity contribution >= 4 is 47.2 Å². The number of aliphatic hydroxyl groups excluding tert-OH is 1. The molecule has 4 aromatic carbocycles. The second-order valence-electron chi connectivity index (χ2n) is 14.9. The molecule has 266 valence electrons. The van der Waals surface area contributed by atoms with Crippen molar-refractivity contribution < 1.29 is 18.3 Å². The first kappa shape index (κ1) is 36.7. The summed E-state index contributed by atoms with van der Waals surface area (Å²) >= 11 is 13.1. The van der Waals surface area contributed by atoms with Gasteiger partial charge in [-0.25, -0.2) is 14.0 Å². The van der Waals surface area contributed by atoms with Gasteiger partial charge in [-0.2, -0.15) is 8.42 Å². The standard InChI is InChI=1S/C39H42Cl2N4O4SSi/c1-39(2,3)30-15-11-27(12-16-30)26-7-9-29(10-8-26)38-42-36(33-20-17-31(40)23-34(33)41)37(44(38)25-49-21-22-51(4,5)6)28-13-18-32(19-14-28)45-24-35(46)43-50(45,47)48/h7-20,23-24,43,46H,21-22,25H2,1-6H3. The summed E-state index contributed by atoms with van der Waals surface area (Å²) in [6.45, 7) is 14.4. The Morgan fingerprint density at radius 3 is 1.98 bits per heavy atom. The molecule has 2 N–H and O–H groups in total. The van der Waals surface area contributed by atoms with Crippen molar-refractivity contribution in [3.8, 4) is 45.0 Å².